The van der Waals surface area contributed by atoms with Gasteiger partial charge in [0.15, 0.2) is 23.0 Å². The lowest BCUT2D eigenvalue weighted by Crippen LogP contribution is -2.57. The number of hydrogen-bond acceptors (Lipinski definition) is 13. The summed E-state index contributed by atoms with van der Waals surface area (Å²) < 4.78 is 18.9. The van der Waals surface area contributed by atoms with Crippen LogP contribution in [0.2, 0.25) is 0 Å². The summed E-state index contributed by atoms with van der Waals surface area (Å²) in [4.78, 5) is 42.0. The molecule has 0 unspecified atom stereocenters. The number of benzene rings is 1. The van der Waals surface area contributed by atoms with Crippen LogP contribution in [0.1, 0.15) is 45.3 Å². The maximum atomic E-state index is 12.4. The van der Waals surface area contributed by atoms with Crippen molar-refractivity contribution in [3.63, 3.8) is 0 Å². The van der Waals surface area contributed by atoms with Gasteiger partial charge in [0.05, 0.1) is 46.9 Å². The molecule has 1 aliphatic carbocycles. The van der Waals surface area contributed by atoms with Crippen LogP contribution >= 0.6 is 0 Å². The highest BCUT2D eigenvalue weighted by molar-refractivity contribution is 6.00. The van der Waals surface area contributed by atoms with Gasteiger partial charge in [-0.1, -0.05) is 5.16 Å². The molecule has 45 heavy (non-hydrogen) atoms. The van der Waals surface area contributed by atoms with Crippen LogP contribution < -0.4 is 15.2 Å². The highest BCUT2D eigenvalue weighted by atomic mass is 16.6. The molecule has 2 N–H and O–H groups in total. The largest absolute Gasteiger partial charge is 0.483 e. The smallest absolute Gasteiger partial charge is 0.415 e. The number of carbonyl (C=O) groups is 1. The normalized spacial score (nSPS) is 15.2. The highest BCUT2D eigenvalue weighted by Gasteiger charge is 2.37. The van der Waals surface area contributed by atoms with Gasteiger partial charge in [0.2, 0.25) is 0 Å². The van der Waals surface area contributed by atoms with E-state index in [-0.39, 0.29) is 29.3 Å². The average Bonchev–Trinajstić information content (AvgIpc) is 3.60. The standard InChI is InChI=1S/C29H28N10O6/c1-29(2,3)38-27-21(25(30)33-14-34-27)22(35-38)23-20(24(45-36-23)15-4-5-15)26-31-10-18(11-32-26)43-19-12-37(13-19)28(40)44-17-8-6-16(7-9-17)39(41)42/h6-11,14-15,19H,4-5,12-13H2,1-3H3,(H2,30,33,34). The van der Waals surface area contributed by atoms with Crippen LogP contribution in [0.5, 0.6) is 11.5 Å². The van der Waals surface area contributed by atoms with Crippen molar-refractivity contribution in [1.82, 2.24) is 39.8 Å². The molecule has 4 aromatic heterocycles. The van der Waals surface area contributed by atoms with Crippen LogP contribution in [0.3, 0.4) is 0 Å². The Kier molecular flexibility index (Phi) is 6.56. The predicted octanol–water partition coefficient (Wildman–Crippen LogP) is 4.32. The number of nitro groups is 1. The first-order chi connectivity index (χ1) is 21.6. The van der Waals surface area contributed by atoms with Crippen molar-refractivity contribution in [3.05, 3.63) is 58.9 Å². The van der Waals surface area contributed by atoms with Crippen molar-refractivity contribution in [2.24, 2.45) is 0 Å². The van der Waals surface area contributed by atoms with E-state index in [1.165, 1.54) is 35.5 Å². The van der Waals surface area contributed by atoms with Crippen LogP contribution in [0.15, 0.2) is 47.5 Å². The van der Waals surface area contributed by atoms with Gasteiger partial charge in [-0.2, -0.15) is 5.10 Å². The Hall–Kier alpha value is -5.67. The Labute approximate surface area is 255 Å². The lowest BCUT2D eigenvalue weighted by atomic mass is 10.1. The fraction of sp³-hybridized carbons (Fsp3) is 0.345. The number of rotatable bonds is 7. The highest BCUT2D eigenvalue weighted by Crippen LogP contribution is 2.48. The third-order valence-corrected chi connectivity index (χ3v) is 7.53. The molecule has 0 radical (unpaired) electrons. The number of aromatic nitrogens is 7. The van der Waals surface area contributed by atoms with Gasteiger partial charge in [0.1, 0.15) is 35.4 Å². The maximum Gasteiger partial charge on any atom is 0.415 e. The number of fused-ring (bicyclic) bond motifs is 1. The number of anilines is 1. The van der Waals surface area contributed by atoms with Gasteiger partial charge >= 0.3 is 6.09 Å². The number of amides is 1. The van der Waals surface area contributed by atoms with Crippen LogP contribution in [0, 0.1) is 10.1 Å². The Morgan fingerprint density at radius 2 is 1.76 bits per heavy atom. The lowest BCUT2D eigenvalue weighted by molar-refractivity contribution is -0.384. The summed E-state index contributed by atoms with van der Waals surface area (Å²) in [6.45, 7) is 6.65. The third-order valence-electron chi connectivity index (χ3n) is 7.53. The number of nitrogen functional groups attached to an aromatic ring is 1. The molecule has 0 atom stereocenters. The molecule has 1 amide bonds. The lowest BCUT2D eigenvalue weighted by Gasteiger charge is -2.37. The van der Waals surface area contributed by atoms with Crippen molar-refractivity contribution >= 4 is 28.6 Å². The van der Waals surface area contributed by atoms with Crippen LogP contribution in [-0.2, 0) is 5.54 Å². The van der Waals surface area contributed by atoms with Crippen molar-refractivity contribution in [1.29, 1.82) is 0 Å². The van der Waals surface area contributed by atoms with E-state index in [1.54, 1.807) is 17.1 Å². The maximum absolute atomic E-state index is 12.4. The quantitative estimate of drug-likeness (QED) is 0.201. The van der Waals surface area contributed by atoms with Gasteiger partial charge in [-0.15, -0.1) is 0 Å². The minimum atomic E-state index is -0.574. The van der Waals surface area contributed by atoms with E-state index in [0.29, 0.717) is 58.4 Å². The van der Waals surface area contributed by atoms with Crippen LogP contribution in [0.25, 0.3) is 33.8 Å². The molecule has 7 rings (SSSR count). The van der Waals surface area contributed by atoms with Crippen LogP contribution in [0.4, 0.5) is 16.3 Å². The first kappa shape index (κ1) is 28.1. The van der Waals surface area contributed by atoms with Crippen molar-refractivity contribution in [3.8, 4) is 34.3 Å². The molecule has 230 valence electrons. The van der Waals surface area contributed by atoms with Gasteiger partial charge in [0.25, 0.3) is 5.69 Å². The van der Waals surface area contributed by atoms with E-state index in [4.69, 9.17) is 24.8 Å². The SMILES string of the molecule is CC(C)(C)n1nc(-c2noc(C3CC3)c2-c2ncc(OC3CN(C(=O)Oc4ccc([N+](=O)[O-])cc4)C3)cn2)c2c(N)ncnc21. The van der Waals surface area contributed by atoms with E-state index in [9.17, 15) is 14.9 Å². The minimum absolute atomic E-state index is 0.0893. The number of nitrogens with zero attached hydrogens (tertiary/aromatic N) is 9. The summed E-state index contributed by atoms with van der Waals surface area (Å²) in [6, 6.07) is 5.29. The number of carbonyl (C=O) groups excluding carboxylic acids is 1. The number of ether oxygens (including phenoxy) is 2. The van der Waals surface area contributed by atoms with E-state index in [2.05, 4.69) is 25.1 Å². The summed E-state index contributed by atoms with van der Waals surface area (Å²) in [6.07, 6.45) is 5.62. The van der Waals surface area contributed by atoms with Gasteiger partial charge in [0, 0.05) is 18.1 Å². The number of nitro benzene ring substituents is 1. The Bertz CT molecular complexity index is 1920. The number of nitrogens with two attached hydrogens (primary N) is 1. The molecule has 0 spiro atoms. The summed E-state index contributed by atoms with van der Waals surface area (Å²) in [5.41, 5.74) is 8.01. The molecule has 0 bridgehead atoms. The predicted molar refractivity (Wildman–Crippen MR) is 158 cm³/mol. The zero-order chi connectivity index (χ0) is 31.5. The molecule has 5 aromatic rings. The average molecular weight is 613 g/mol. The molecular weight excluding hydrogens is 584 g/mol. The van der Waals surface area contributed by atoms with E-state index in [0.717, 1.165) is 12.8 Å². The summed E-state index contributed by atoms with van der Waals surface area (Å²) in [5.74, 6) is 2.22. The summed E-state index contributed by atoms with van der Waals surface area (Å²) >= 11 is 0. The summed E-state index contributed by atoms with van der Waals surface area (Å²) in [7, 11) is 0. The molecule has 1 aliphatic heterocycles. The van der Waals surface area contributed by atoms with Crippen molar-refractivity contribution in [2.45, 2.75) is 51.2 Å². The zero-order valence-corrected chi connectivity index (χ0v) is 24.6. The molecule has 1 saturated carbocycles. The first-order valence-electron chi connectivity index (χ1n) is 14.3. The zero-order valence-electron chi connectivity index (χ0n) is 24.6. The molecule has 2 aliphatic rings. The van der Waals surface area contributed by atoms with E-state index >= 15 is 0 Å². The molecule has 1 saturated heterocycles. The van der Waals surface area contributed by atoms with Gasteiger partial charge < -0.3 is 24.6 Å². The van der Waals surface area contributed by atoms with E-state index < -0.39 is 16.6 Å². The van der Waals surface area contributed by atoms with E-state index in [1.807, 2.05) is 20.8 Å². The second-order valence-electron chi connectivity index (χ2n) is 11.9. The topological polar surface area (TPSA) is 203 Å². The molecular formula is C29H28N10O6. The molecule has 5 heterocycles. The Balaban J connectivity index is 1.08. The van der Waals surface area contributed by atoms with Gasteiger partial charge in [-0.25, -0.2) is 29.4 Å². The van der Waals surface area contributed by atoms with Crippen LogP contribution in [-0.4, -0.2) is 70.0 Å². The fourth-order valence-corrected chi connectivity index (χ4v) is 5.07. The Morgan fingerprint density at radius 3 is 2.40 bits per heavy atom. The number of non-ortho nitro benzene ring substituents is 1. The number of likely N-dealkylation sites (tertiary alicyclic amines) is 1. The first-order valence-corrected chi connectivity index (χ1v) is 14.3. The molecule has 1 aromatic carbocycles. The minimum Gasteiger partial charge on any atom is -0.483 e. The summed E-state index contributed by atoms with van der Waals surface area (Å²) in [5, 5.41) is 20.7. The Morgan fingerprint density at radius 1 is 1.04 bits per heavy atom. The molecule has 2 fully saturated rings. The monoisotopic (exact) mass is 612 g/mol. The fourth-order valence-electron chi connectivity index (χ4n) is 5.07. The van der Waals surface area contributed by atoms with Gasteiger partial charge in [-0.3, -0.25) is 10.1 Å². The third kappa shape index (κ3) is 5.23. The van der Waals surface area contributed by atoms with Crippen molar-refractivity contribution in [2.75, 3.05) is 18.8 Å². The van der Waals surface area contributed by atoms with Crippen molar-refractivity contribution < 1.29 is 23.7 Å². The molecule has 16 nitrogen and oxygen atoms in total. The number of hydrogen-bond donors (Lipinski definition) is 1. The second-order valence-corrected chi connectivity index (χ2v) is 11.9. The second kappa shape index (κ2) is 10.5. The van der Waals surface area contributed by atoms with Gasteiger partial charge in [-0.05, 0) is 45.7 Å². The molecule has 16 heteroatoms.